The van der Waals surface area contributed by atoms with Crippen molar-refractivity contribution in [2.75, 3.05) is 0 Å². The fourth-order valence-electron chi connectivity index (χ4n) is 1.74. The molecule has 86 valence electrons. The molecule has 1 saturated carbocycles. The summed E-state index contributed by atoms with van der Waals surface area (Å²) >= 11 is 0. The van der Waals surface area contributed by atoms with Crippen LogP contribution in [0.15, 0.2) is 12.7 Å². The summed E-state index contributed by atoms with van der Waals surface area (Å²) in [4.78, 5) is 10.7. The summed E-state index contributed by atoms with van der Waals surface area (Å²) in [6.07, 6.45) is -0.270. The normalized spacial score (nSPS) is 20.7. The quantitative estimate of drug-likeness (QED) is 0.530. The summed E-state index contributed by atoms with van der Waals surface area (Å²) in [6.45, 7) is 3.45. The van der Waals surface area contributed by atoms with Crippen LogP contribution in [0.5, 0.6) is 0 Å². The minimum absolute atomic E-state index is 0.429. The molecular formula is C10H13F3O2. The maximum Gasteiger partial charge on any atom is 0.490 e. The Hall–Kier alpha value is -1.00. The summed E-state index contributed by atoms with van der Waals surface area (Å²) < 4.78 is 40.5. The van der Waals surface area contributed by atoms with Crippen LogP contribution >= 0.6 is 0 Å². The van der Waals surface area contributed by atoms with E-state index in [4.69, 9.17) is 0 Å². The van der Waals surface area contributed by atoms with Gasteiger partial charge in [-0.05, 0) is 31.8 Å². The van der Waals surface area contributed by atoms with E-state index in [0.29, 0.717) is 12.8 Å². The number of hydrogen-bond donors (Lipinski definition) is 0. The number of halogens is 3. The predicted octanol–water partition coefficient (Wildman–Crippen LogP) is 2.98. The van der Waals surface area contributed by atoms with Crippen LogP contribution in [0, 0.1) is 0 Å². The Morgan fingerprint density at radius 2 is 1.80 bits per heavy atom. The molecular weight excluding hydrogens is 209 g/mol. The Morgan fingerprint density at radius 1 is 1.27 bits per heavy atom. The lowest BCUT2D eigenvalue weighted by Gasteiger charge is -2.34. The van der Waals surface area contributed by atoms with E-state index < -0.39 is 17.7 Å². The highest BCUT2D eigenvalue weighted by molar-refractivity contribution is 5.76. The highest BCUT2D eigenvalue weighted by Crippen LogP contribution is 2.34. The zero-order chi connectivity index (χ0) is 11.5. The van der Waals surface area contributed by atoms with Crippen LogP contribution in [0.4, 0.5) is 13.2 Å². The Kier molecular flexibility index (Phi) is 3.42. The maximum absolute atomic E-state index is 12.0. The average molecular weight is 222 g/mol. The highest BCUT2D eigenvalue weighted by atomic mass is 19.4. The number of rotatable bonds is 2. The zero-order valence-electron chi connectivity index (χ0n) is 8.27. The van der Waals surface area contributed by atoms with Crippen LogP contribution in [0.2, 0.25) is 0 Å². The molecule has 0 aromatic rings. The van der Waals surface area contributed by atoms with E-state index in [-0.39, 0.29) is 0 Å². The van der Waals surface area contributed by atoms with E-state index in [0.717, 1.165) is 19.3 Å². The molecule has 0 saturated heterocycles. The van der Waals surface area contributed by atoms with E-state index in [2.05, 4.69) is 11.3 Å². The first kappa shape index (κ1) is 12.1. The minimum Gasteiger partial charge on any atom is -0.448 e. The highest BCUT2D eigenvalue weighted by Gasteiger charge is 2.45. The van der Waals surface area contributed by atoms with Crippen LogP contribution in [0.1, 0.15) is 32.1 Å². The van der Waals surface area contributed by atoms with Crippen molar-refractivity contribution in [3.8, 4) is 0 Å². The van der Waals surface area contributed by atoms with Gasteiger partial charge in [-0.1, -0.05) is 13.0 Å². The predicted molar refractivity (Wildman–Crippen MR) is 48.2 cm³/mol. The number of alkyl halides is 3. The SMILES string of the molecule is C=CC1(OC(=O)C(F)(F)F)CCCCC1. The lowest BCUT2D eigenvalue weighted by atomic mass is 9.85. The molecule has 0 aromatic heterocycles. The molecule has 0 spiro atoms. The van der Waals surface area contributed by atoms with Gasteiger partial charge in [0.15, 0.2) is 0 Å². The van der Waals surface area contributed by atoms with Crippen LogP contribution in [-0.2, 0) is 9.53 Å². The van der Waals surface area contributed by atoms with Crippen LogP contribution in [-0.4, -0.2) is 17.7 Å². The van der Waals surface area contributed by atoms with Gasteiger partial charge in [0, 0.05) is 0 Å². The molecule has 0 atom stereocenters. The lowest BCUT2D eigenvalue weighted by molar-refractivity contribution is -0.212. The van der Waals surface area contributed by atoms with Crippen molar-refractivity contribution in [2.45, 2.75) is 43.9 Å². The van der Waals surface area contributed by atoms with Gasteiger partial charge in [-0.15, -0.1) is 0 Å². The van der Waals surface area contributed by atoms with Gasteiger partial charge in [-0.3, -0.25) is 0 Å². The van der Waals surface area contributed by atoms with Crippen LogP contribution in [0.3, 0.4) is 0 Å². The molecule has 0 amide bonds. The minimum atomic E-state index is -4.92. The van der Waals surface area contributed by atoms with Crippen molar-refractivity contribution >= 4 is 5.97 Å². The first-order chi connectivity index (χ1) is 6.90. The molecule has 1 aliphatic carbocycles. The van der Waals surface area contributed by atoms with Crippen molar-refractivity contribution in [2.24, 2.45) is 0 Å². The standard InChI is InChI=1S/C10H13F3O2/c1-2-9(6-4-3-5-7-9)15-8(14)10(11,12)13/h2H,1,3-7H2. The number of carbonyl (C=O) groups excluding carboxylic acids is 1. The second kappa shape index (κ2) is 4.24. The van der Waals surface area contributed by atoms with E-state index in [9.17, 15) is 18.0 Å². The van der Waals surface area contributed by atoms with Crippen molar-refractivity contribution in [3.05, 3.63) is 12.7 Å². The van der Waals surface area contributed by atoms with Crippen LogP contribution in [0.25, 0.3) is 0 Å². The fraction of sp³-hybridized carbons (Fsp3) is 0.700. The molecule has 0 heterocycles. The molecule has 1 fully saturated rings. The van der Waals surface area contributed by atoms with Gasteiger partial charge in [-0.2, -0.15) is 13.2 Å². The van der Waals surface area contributed by atoms with Crippen molar-refractivity contribution in [1.82, 2.24) is 0 Å². The molecule has 1 aliphatic rings. The van der Waals surface area contributed by atoms with Gasteiger partial charge in [-0.25, -0.2) is 4.79 Å². The second-order valence-electron chi connectivity index (χ2n) is 3.72. The third-order valence-electron chi connectivity index (χ3n) is 2.60. The zero-order valence-corrected chi connectivity index (χ0v) is 8.27. The molecule has 0 unspecified atom stereocenters. The van der Waals surface area contributed by atoms with Gasteiger partial charge in [0.25, 0.3) is 0 Å². The van der Waals surface area contributed by atoms with Gasteiger partial charge in [0.05, 0.1) is 0 Å². The molecule has 0 aliphatic heterocycles. The Labute approximate surface area is 86.1 Å². The van der Waals surface area contributed by atoms with Gasteiger partial charge in [0.2, 0.25) is 0 Å². The maximum atomic E-state index is 12.0. The van der Waals surface area contributed by atoms with E-state index in [1.54, 1.807) is 0 Å². The summed E-state index contributed by atoms with van der Waals surface area (Å²) in [5.74, 6) is -2.12. The molecule has 1 rings (SSSR count). The molecule has 5 heteroatoms. The summed E-state index contributed by atoms with van der Waals surface area (Å²) in [6, 6.07) is 0. The second-order valence-corrected chi connectivity index (χ2v) is 3.72. The summed E-state index contributed by atoms with van der Waals surface area (Å²) in [5, 5.41) is 0. The molecule has 15 heavy (non-hydrogen) atoms. The Bertz CT molecular complexity index is 252. The lowest BCUT2D eigenvalue weighted by Crippen LogP contribution is -2.39. The molecule has 0 radical (unpaired) electrons. The smallest absolute Gasteiger partial charge is 0.448 e. The Balaban J connectivity index is 2.68. The largest absolute Gasteiger partial charge is 0.490 e. The van der Waals surface area contributed by atoms with E-state index in [1.165, 1.54) is 6.08 Å². The van der Waals surface area contributed by atoms with Crippen molar-refractivity contribution < 1.29 is 22.7 Å². The third kappa shape index (κ3) is 2.97. The van der Waals surface area contributed by atoms with Gasteiger partial charge >= 0.3 is 12.1 Å². The first-order valence-electron chi connectivity index (χ1n) is 4.83. The van der Waals surface area contributed by atoms with Crippen LogP contribution < -0.4 is 0 Å². The fourth-order valence-corrected chi connectivity index (χ4v) is 1.74. The number of esters is 1. The summed E-state index contributed by atoms with van der Waals surface area (Å²) in [5.41, 5.74) is -1.11. The van der Waals surface area contributed by atoms with Gasteiger partial charge < -0.3 is 4.74 Å². The van der Waals surface area contributed by atoms with Gasteiger partial charge in [0.1, 0.15) is 5.60 Å². The van der Waals surface area contributed by atoms with E-state index >= 15 is 0 Å². The molecule has 0 bridgehead atoms. The molecule has 0 aromatic carbocycles. The summed E-state index contributed by atoms with van der Waals surface area (Å²) in [7, 11) is 0. The molecule has 0 N–H and O–H groups in total. The van der Waals surface area contributed by atoms with Crippen molar-refractivity contribution in [1.29, 1.82) is 0 Å². The number of ether oxygens (including phenoxy) is 1. The topological polar surface area (TPSA) is 26.3 Å². The Morgan fingerprint density at radius 3 is 2.20 bits per heavy atom. The van der Waals surface area contributed by atoms with E-state index in [1.807, 2.05) is 0 Å². The molecule has 2 nitrogen and oxygen atoms in total. The van der Waals surface area contributed by atoms with Crippen molar-refractivity contribution in [3.63, 3.8) is 0 Å². The average Bonchev–Trinajstić information content (AvgIpc) is 2.18. The first-order valence-corrected chi connectivity index (χ1v) is 4.83. The number of carbonyl (C=O) groups is 1. The monoisotopic (exact) mass is 222 g/mol. The third-order valence-corrected chi connectivity index (χ3v) is 2.60. The number of hydrogen-bond acceptors (Lipinski definition) is 2.